The second-order valence-electron chi connectivity index (χ2n) is 10.0. The largest absolute Gasteiger partial charge is 0.342 e. The number of amides is 3. The predicted octanol–water partition coefficient (Wildman–Crippen LogP) is 2.61. The van der Waals surface area contributed by atoms with E-state index in [0.29, 0.717) is 26.1 Å². The third-order valence-corrected chi connectivity index (χ3v) is 6.66. The Balaban J connectivity index is 1.52. The summed E-state index contributed by atoms with van der Waals surface area (Å²) in [6.07, 6.45) is 4.22. The summed E-state index contributed by atoms with van der Waals surface area (Å²) >= 11 is 0. The zero-order chi connectivity index (χ0) is 23.8. The molecular formula is C26H32N4O3. The third kappa shape index (κ3) is 4.77. The van der Waals surface area contributed by atoms with Crippen LogP contribution in [0.15, 0.2) is 48.8 Å². The lowest BCUT2D eigenvalue weighted by Gasteiger charge is -2.40. The summed E-state index contributed by atoms with van der Waals surface area (Å²) in [6.45, 7) is 7.35. The first-order valence-corrected chi connectivity index (χ1v) is 11.5. The molecule has 2 saturated heterocycles. The van der Waals surface area contributed by atoms with Crippen LogP contribution in [-0.2, 0) is 20.8 Å². The van der Waals surface area contributed by atoms with Crippen molar-refractivity contribution in [2.45, 2.75) is 45.2 Å². The van der Waals surface area contributed by atoms with E-state index in [2.05, 4.69) is 4.98 Å². The van der Waals surface area contributed by atoms with E-state index in [1.807, 2.05) is 63.4 Å². The molecular weight excluding hydrogens is 416 g/mol. The van der Waals surface area contributed by atoms with Gasteiger partial charge in [-0.05, 0) is 43.5 Å². The van der Waals surface area contributed by atoms with Gasteiger partial charge in [0.1, 0.15) is 6.04 Å². The number of piperazine rings is 1. The lowest BCUT2D eigenvalue weighted by atomic mass is 9.97. The molecule has 1 aromatic carbocycles. The Labute approximate surface area is 195 Å². The van der Waals surface area contributed by atoms with Gasteiger partial charge in [0.25, 0.3) is 0 Å². The third-order valence-electron chi connectivity index (χ3n) is 6.66. The van der Waals surface area contributed by atoms with E-state index < -0.39 is 12.0 Å². The number of carbonyl (C=O) groups is 3. The van der Waals surface area contributed by atoms with Gasteiger partial charge in [-0.2, -0.15) is 0 Å². The Kier molecular flexibility index (Phi) is 6.23. The van der Waals surface area contributed by atoms with Crippen LogP contribution in [0.5, 0.6) is 0 Å². The number of pyridine rings is 1. The van der Waals surface area contributed by atoms with Crippen molar-refractivity contribution in [2.24, 2.45) is 5.92 Å². The van der Waals surface area contributed by atoms with Crippen LogP contribution in [0.3, 0.4) is 0 Å². The molecule has 0 saturated carbocycles. The fraction of sp³-hybridized carbons (Fsp3) is 0.462. The fourth-order valence-corrected chi connectivity index (χ4v) is 4.72. The first-order valence-electron chi connectivity index (χ1n) is 11.5. The van der Waals surface area contributed by atoms with Gasteiger partial charge in [-0.3, -0.25) is 19.4 Å². The Morgan fingerprint density at radius 3 is 2.39 bits per heavy atom. The molecule has 0 N–H and O–H groups in total. The van der Waals surface area contributed by atoms with Crippen LogP contribution >= 0.6 is 0 Å². The van der Waals surface area contributed by atoms with Gasteiger partial charge >= 0.3 is 0 Å². The van der Waals surface area contributed by atoms with E-state index in [0.717, 1.165) is 16.7 Å². The molecule has 3 amide bonds. The number of carbonyl (C=O) groups excluding carboxylic acids is 3. The van der Waals surface area contributed by atoms with Crippen molar-refractivity contribution in [2.75, 3.05) is 26.7 Å². The van der Waals surface area contributed by atoms with Crippen molar-refractivity contribution in [1.82, 2.24) is 19.7 Å². The quantitative estimate of drug-likeness (QED) is 0.721. The summed E-state index contributed by atoms with van der Waals surface area (Å²) in [6, 6.07) is 11.4. The molecule has 7 heteroatoms. The zero-order valence-electron chi connectivity index (χ0n) is 19.8. The van der Waals surface area contributed by atoms with Crippen LogP contribution < -0.4 is 0 Å². The standard InChI is InChI=1S/C26H32N4O3/c1-26(2,3)30-17-21(15-23(30)31)24(32)29-13-12-28(4)25(33)22(29)14-18-7-9-19(10-8-18)20-6-5-11-27-16-20/h5-11,16,21-22H,12-15,17H2,1-4H3/t21-,22+/m1/s1. The number of likely N-dealkylation sites (tertiary alicyclic amines) is 1. The molecule has 0 radical (unpaired) electrons. The van der Waals surface area contributed by atoms with Crippen LogP contribution in [0.4, 0.5) is 0 Å². The minimum atomic E-state index is -0.556. The molecule has 0 bridgehead atoms. The zero-order valence-corrected chi connectivity index (χ0v) is 19.8. The smallest absolute Gasteiger partial charge is 0.245 e. The minimum absolute atomic E-state index is 0.00356. The molecule has 2 aliphatic rings. The highest BCUT2D eigenvalue weighted by Gasteiger charge is 2.44. The number of aromatic nitrogens is 1. The van der Waals surface area contributed by atoms with Gasteiger partial charge in [-0.25, -0.2) is 0 Å². The van der Waals surface area contributed by atoms with Gasteiger partial charge < -0.3 is 14.7 Å². The molecule has 2 aromatic rings. The predicted molar refractivity (Wildman–Crippen MR) is 126 cm³/mol. The maximum atomic E-state index is 13.5. The summed E-state index contributed by atoms with van der Waals surface area (Å²) in [5.41, 5.74) is 2.76. The van der Waals surface area contributed by atoms with Crippen molar-refractivity contribution in [3.63, 3.8) is 0 Å². The van der Waals surface area contributed by atoms with E-state index in [-0.39, 0.29) is 29.7 Å². The molecule has 33 heavy (non-hydrogen) atoms. The van der Waals surface area contributed by atoms with Crippen molar-refractivity contribution in [3.05, 3.63) is 54.4 Å². The molecule has 0 unspecified atom stereocenters. The van der Waals surface area contributed by atoms with Crippen LogP contribution in [0.2, 0.25) is 0 Å². The molecule has 7 nitrogen and oxygen atoms in total. The molecule has 2 fully saturated rings. The second-order valence-corrected chi connectivity index (χ2v) is 10.0. The van der Waals surface area contributed by atoms with Crippen molar-refractivity contribution < 1.29 is 14.4 Å². The van der Waals surface area contributed by atoms with Gasteiger partial charge in [-0.15, -0.1) is 0 Å². The maximum Gasteiger partial charge on any atom is 0.245 e. The molecule has 3 heterocycles. The topological polar surface area (TPSA) is 73.8 Å². The molecule has 0 aliphatic carbocycles. The highest BCUT2D eigenvalue weighted by atomic mass is 16.2. The van der Waals surface area contributed by atoms with Crippen LogP contribution in [0, 0.1) is 5.92 Å². The number of rotatable bonds is 4. The lowest BCUT2D eigenvalue weighted by Crippen LogP contribution is -2.59. The number of hydrogen-bond donors (Lipinski definition) is 0. The van der Waals surface area contributed by atoms with E-state index in [9.17, 15) is 14.4 Å². The monoisotopic (exact) mass is 448 g/mol. The van der Waals surface area contributed by atoms with Gasteiger partial charge in [0, 0.05) is 57.5 Å². The highest BCUT2D eigenvalue weighted by molar-refractivity contribution is 5.93. The maximum absolute atomic E-state index is 13.5. The average Bonchev–Trinajstić information content (AvgIpc) is 3.20. The first kappa shape index (κ1) is 23.0. The Morgan fingerprint density at radius 1 is 1.06 bits per heavy atom. The summed E-state index contributed by atoms with van der Waals surface area (Å²) in [7, 11) is 1.78. The summed E-state index contributed by atoms with van der Waals surface area (Å²) < 4.78 is 0. The van der Waals surface area contributed by atoms with Gasteiger partial charge in [-0.1, -0.05) is 30.3 Å². The van der Waals surface area contributed by atoms with Gasteiger partial charge in [0.2, 0.25) is 17.7 Å². The molecule has 1 aromatic heterocycles. The van der Waals surface area contributed by atoms with Crippen molar-refractivity contribution in [3.8, 4) is 11.1 Å². The van der Waals surface area contributed by atoms with E-state index in [4.69, 9.17) is 0 Å². The summed E-state index contributed by atoms with van der Waals surface area (Å²) in [5.74, 6) is -0.538. The molecule has 4 rings (SSSR count). The average molecular weight is 449 g/mol. The molecule has 2 aliphatic heterocycles. The molecule has 174 valence electrons. The summed E-state index contributed by atoms with van der Waals surface area (Å²) in [5, 5.41) is 0. The number of likely N-dealkylation sites (N-methyl/N-ethyl adjacent to an activating group) is 1. The van der Waals surface area contributed by atoms with E-state index in [1.165, 1.54) is 0 Å². The van der Waals surface area contributed by atoms with Gasteiger partial charge in [0.15, 0.2) is 0 Å². The van der Waals surface area contributed by atoms with E-state index in [1.54, 1.807) is 27.9 Å². The fourth-order valence-electron chi connectivity index (χ4n) is 4.72. The van der Waals surface area contributed by atoms with Crippen LogP contribution in [0.25, 0.3) is 11.1 Å². The number of hydrogen-bond acceptors (Lipinski definition) is 4. The van der Waals surface area contributed by atoms with Crippen LogP contribution in [0.1, 0.15) is 32.8 Å². The number of nitrogens with zero attached hydrogens (tertiary/aromatic N) is 4. The number of benzene rings is 1. The lowest BCUT2D eigenvalue weighted by molar-refractivity contribution is -0.152. The Hall–Kier alpha value is -3.22. The van der Waals surface area contributed by atoms with Crippen molar-refractivity contribution >= 4 is 17.7 Å². The van der Waals surface area contributed by atoms with Gasteiger partial charge in [0.05, 0.1) is 5.92 Å². The van der Waals surface area contributed by atoms with Crippen LogP contribution in [-0.4, -0.2) is 75.7 Å². The second kappa shape index (κ2) is 8.96. The Bertz CT molecular complexity index is 1030. The van der Waals surface area contributed by atoms with Crippen molar-refractivity contribution in [1.29, 1.82) is 0 Å². The molecule has 2 atom stereocenters. The SMILES string of the molecule is CN1CCN(C(=O)[C@@H]2CC(=O)N(C(C)(C)C)C2)[C@@H](Cc2ccc(-c3cccnc3)cc2)C1=O. The van der Waals surface area contributed by atoms with E-state index >= 15 is 0 Å². The molecule has 0 spiro atoms. The minimum Gasteiger partial charge on any atom is -0.342 e. The summed E-state index contributed by atoms with van der Waals surface area (Å²) in [4.78, 5) is 48.4. The normalized spacial score (nSPS) is 21.6. The first-order chi connectivity index (χ1) is 15.6. The highest BCUT2D eigenvalue weighted by Crippen LogP contribution is 2.29. The Morgan fingerprint density at radius 2 is 1.79 bits per heavy atom.